The van der Waals surface area contributed by atoms with Crippen molar-refractivity contribution < 1.29 is 14.4 Å². The molecule has 1 amide bonds. The van der Waals surface area contributed by atoms with Crippen LogP contribution in [0.4, 0.5) is 0 Å². The molecule has 0 aliphatic heterocycles. The fourth-order valence-electron chi connectivity index (χ4n) is 0.660. The van der Waals surface area contributed by atoms with Gasteiger partial charge in [-0.15, -0.1) is 0 Å². The molecule has 0 atom stereocenters. The fraction of sp³-hybridized carbons (Fsp3) is 0. The molecule has 1 aromatic heterocycles. The number of aromatic nitrogens is 1. The van der Waals surface area contributed by atoms with Crippen LogP contribution in [-0.4, -0.2) is 17.4 Å². The first-order chi connectivity index (χ1) is 6.24. The zero-order chi connectivity index (χ0) is 9.68. The van der Waals surface area contributed by atoms with Crippen LogP contribution in [0.1, 0.15) is 10.4 Å². The standard InChI is InChI=1S/C7H5BrN2O3/c8-6-1-5(2-9-3-6)7(12)13-10-4-11/h1-4H,(H,10,11). The van der Waals surface area contributed by atoms with Crippen LogP contribution in [0.2, 0.25) is 0 Å². The van der Waals surface area contributed by atoms with Crippen molar-refractivity contribution >= 4 is 28.3 Å². The largest absolute Gasteiger partial charge is 0.364 e. The summed E-state index contributed by atoms with van der Waals surface area (Å²) in [5.74, 6) is -0.666. The summed E-state index contributed by atoms with van der Waals surface area (Å²) in [4.78, 5) is 28.9. The highest BCUT2D eigenvalue weighted by Gasteiger charge is 2.07. The number of nitrogens with one attached hydrogen (secondary N) is 1. The van der Waals surface area contributed by atoms with E-state index in [1.807, 2.05) is 0 Å². The second-order valence-corrected chi connectivity index (χ2v) is 2.93. The van der Waals surface area contributed by atoms with Crippen LogP contribution in [0, 0.1) is 0 Å². The van der Waals surface area contributed by atoms with Crippen molar-refractivity contribution in [1.82, 2.24) is 10.5 Å². The van der Waals surface area contributed by atoms with E-state index in [9.17, 15) is 9.59 Å². The molecule has 0 saturated carbocycles. The number of hydrogen-bond acceptors (Lipinski definition) is 4. The Hall–Kier alpha value is -1.43. The van der Waals surface area contributed by atoms with Crippen molar-refractivity contribution in [3.8, 4) is 0 Å². The maximum Gasteiger partial charge on any atom is 0.364 e. The molecule has 0 aliphatic carbocycles. The molecule has 5 nitrogen and oxygen atoms in total. The van der Waals surface area contributed by atoms with Crippen molar-refractivity contribution in [3.05, 3.63) is 28.5 Å². The molecular weight excluding hydrogens is 240 g/mol. The van der Waals surface area contributed by atoms with Crippen molar-refractivity contribution in [2.24, 2.45) is 0 Å². The van der Waals surface area contributed by atoms with Gasteiger partial charge in [-0.2, -0.15) is 5.48 Å². The van der Waals surface area contributed by atoms with Crippen molar-refractivity contribution in [3.63, 3.8) is 0 Å². The highest BCUT2D eigenvalue weighted by atomic mass is 79.9. The average molecular weight is 245 g/mol. The van der Waals surface area contributed by atoms with Crippen molar-refractivity contribution in [2.75, 3.05) is 0 Å². The monoisotopic (exact) mass is 244 g/mol. The molecular formula is C7H5BrN2O3. The molecule has 0 aliphatic rings. The molecule has 6 heteroatoms. The fourth-order valence-corrected chi connectivity index (χ4v) is 1.02. The first kappa shape index (κ1) is 9.66. The van der Waals surface area contributed by atoms with Gasteiger partial charge in [0.15, 0.2) is 0 Å². The molecule has 0 spiro atoms. The molecule has 68 valence electrons. The number of halogens is 1. The van der Waals surface area contributed by atoms with E-state index < -0.39 is 5.97 Å². The summed E-state index contributed by atoms with van der Waals surface area (Å²) in [6.45, 7) is 0. The van der Waals surface area contributed by atoms with E-state index in [1.165, 1.54) is 18.5 Å². The van der Waals surface area contributed by atoms with Gasteiger partial charge in [0.25, 0.3) is 0 Å². The molecule has 1 rings (SSSR count). The van der Waals surface area contributed by atoms with Gasteiger partial charge in [-0.05, 0) is 22.0 Å². The Morgan fingerprint density at radius 3 is 3.00 bits per heavy atom. The molecule has 13 heavy (non-hydrogen) atoms. The lowest BCUT2D eigenvalue weighted by Crippen LogP contribution is -2.18. The lowest BCUT2D eigenvalue weighted by molar-refractivity contribution is -0.117. The van der Waals surface area contributed by atoms with Gasteiger partial charge in [0.05, 0.1) is 5.56 Å². The molecule has 0 aromatic carbocycles. The van der Waals surface area contributed by atoms with Gasteiger partial charge in [0, 0.05) is 16.9 Å². The summed E-state index contributed by atoms with van der Waals surface area (Å²) in [6, 6.07) is 1.53. The van der Waals surface area contributed by atoms with E-state index in [0.29, 0.717) is 4.47 Å². The number of pyridine rings is 1. The summed E-state index contributed by atoms with van der Waals surface area (Å²) in [5, 5.41) is 0. The van der Waals surface area contributed by atoms with Crippen molar-refractivity contribution in [1.29, 1.82) is 0 Å². The Labute approximate surface area is 82.2 Å². The van der Waals surface area contributed by atoms with Crippen LogP contribution in [-0.2, 0) is 9.63 Å². The maximum absolute atomic E-state index is 11.1. The zero-order valence-corrected chi connectivity index (χ0v) is 7.95. The maximum atomic E-state index is 11.1. The number of hydroxylamine groups is 1. The Morgan fingerprint density at radius 2 is 2.38 bits per heavy atom. The highest BCUT2D eigenvalue weighted by Crippen LogP contribution is 2.09. The number of amides is 1. The summed E-state index contributed by atoms with van der Waals surface area (Å²) in [5.41, 5.74) is 2.05. The van der Waals surface area contributed by atoms with E-state index in [4.69, 9.17) is 0 Å². The Morgan fingerprint density at radius 1 is 1.62 bits per heavy atom. The van der Waals surface area contributed by atoms with Crippen LogP contribution in [0.25, 0.3) is 0 Å². The Balaban J connectivity index is 2.71. The van der Waals surface area contributed by atoms with Crippen LogP contribution in [0.5, 0.6) is 0 Å². The van der Waals surface area contributed by atoms with Gasteiger partial charge in [-0.3, -0.25) is 9.78 Å². The minimum absolute atomic E-state index is 0.253. The SMILES string of the molecule is O=CNOC(=O)c1cncc(Br)c1. The quantitative estimate of drug-likeness (QED) is 0.627. The summed E-state index contributed by atoms with van der Waals surface area (Å²) in [7, 11) is 0. The minimum atomic E-state index is -0.666. The van der Waals surface area contributed by atoms with E-state index in [0.717, 1.165) is 0 Å². The topological polar surface area (TPSA) is 68.3 Å². The predicted molar refractivity (Wildman–Crippen MR) is 46.6 cm³/mol. The Kier molecular flexibility index (Phi) is 3.39. The number of carbonyl (C=O) groups excluding carboxylic acids is 2. The number of nitrogens with zero attached hydrogens (tertiary/aromatic N) is 1. The smallest absolute Gasteiger partial charge is 0.335 e. The van der Waals surface area contributed by atoms with Crippen LogP contribution >= 0.6 is 15.9 Å². The molecule has 0 fully saturated rings. The van der Waals surface area contributed by atoms with Crippen LogP contribution < -0.4 is 5.48 Å². The summed E-state index contributed by atoms with van der Waals surface area (Å²) in [6.07, 6.45) is 3.13. The van der Waals surface area contributed by atoms with Gasteiger partial charge in [0.2, 0.25) is 6.41 Å². The third-order valence-corrected chi connectivity index (χ3v) is 1.57. The lowest BCUT2D eigenvalue weighted by atomic mass is 10.3. The molecule has 1 heterocycles. The normalized spacial score (nSPS) is 9.00. The number of rotatable bonds is 3. The highest BCUT2D eigenvalue weighted by molar-refractivity contribution is 9.10. The van der Waals surface area contributed by atoms with Gasteiger partial charge in [0.1, 0.15) is 0 Å². The first-order valence-electron chi connectivity index (χ1n) is 3.25. The molecule has 0 bridgehead atoms. The van der Waals surface area contributed by atoms with E-state index in [1.54, 1.807) is 5.48 Å². The number of carbonyl (C=O) groups is 2. The molecule has 0 radical (unpaired) electrons. The summed E-state index contributed by atoms with van der Waals surface area (Å²) >= 11 is 3.14. The van der Waals surface area contributed by atoms with E-state index in [2.05, 4.69) is 25.8 Å². The van der Waals surface area contributed by atoms with E-state index in [-0.39, 0.29) is 12.0 Å². The third kappa shape index (κ3) is 2.83. The second kappa shape index (κ2) is 4.56. The Bertz CT molecular complexity index is 329. The average Bonchev–Trinajstić information content (AvgIpc) is 2.14. The lowest BCUT2D eigenvalue weighted by Gasteiger charge is -1.99. The predicted octanol–water partition coefficient (Wildman–Crippen LogP) is 0.662. The molecule has 1 aromatic rings. The zero-order valence-electron chi connectivity index (χ0n) is 6.36. The number of hydrogen-bond donors (Lipinski definition) is 1. The first-order valence-corrected chi connectivity index (χ1v) is 4.04. The molecule has 0 saturated heterocycles. The van der Waals surface area contributed by atoms with Crippen LogP contribution in [0.3, 0.4) is 0 Å². The van der Waals surface area contributed by atoms with Crippen LogP contribution in [0.15, 0.2) is 22.9 Å². The van der Waals surface area contributed by atoms with E-state index >= 15 is 0 Å². The summed E-state index contributed by atoms with van der Waals surface area (Å²) < 4.78 is 0.660. The third-order valence-electron chi connectivity index (χ3n) is 1.14. The van der Waals surface area contributed by atoms with Gasteiger partial charge in [-0.25, -0.2) is 4.79 Å². The van der Waals surface area contributed by atoms with Crippen molar-refractivity contribution in [2.45, 2.75) is 0 Å². The van der Waals surface area contributed by atoms with Gasteiger partial charge >= 0.3 is 5.97 Å². The van der Waals surface area contributed by atoms with Gasteiger partial charge < -0.3 is 4.84 Å². The second-order valence-electron chi connectivity index (χ2n) is 2.02. The molecule has 1 N–H and O–H groups in total. The minimum Gasteiger partial charge on any atom is -0.335 e. The molecule has 0 unspecified atom stereocenters. The van der Waals surface area contributed by atoms with Gasteiger partial charge in [-0.1, -0.05) is 0 Å².